The Balaban J connectivity index is 2.34. The molecule has 2 N–H and O–H groups in total. The normalized spacial score (nSPS) is 10.2. The third-order valence-corrected chi connectivity index (χ3v) is 3.05. The van der Waals surface area contributed by atoms with Crippen molar-refractivity contribution in [3.05, 3.63) is 53.1 Å². The first-order valence-electron chi connectivity index (χ1n) is 6.02. The summed E-state index contributed by atoms with van der Waals surface area (Å²) in [4.78, 5) is 13.6. The molecule has 0 radical (unpaired) electrons. The molecule has 0 fully saturated rings. The number of carbonyl (C=O) groups is 1. The van der Waals surface area contributed by atoms with E-state index in [-0.39, 0.29) is 5.91 Å². The molecule has 0 aliphatic carbocycles. The number of halogens is 1. The lowest BCUT2D eigenvalue weighted by molar-refractivity contribution is 0.0825. The van der Waals surface area contributed by atoms with Crippen LogP contribution in [0.2, 0.25) is 5.02 Å². The van der Waals surface area contributed by atoms with Crippen molar-refractivity contribution >= 4 is 23.2 Å². The summed E-state index contributed by atoms with van der Waals surface area (Å²) < 4.78 is 5.73. The van der Waals surface area contributed by atoms with Crippen LogP contribution in [0.1, 0.15) is 10.4 Å². The zero-order valence-electron chi connectivity index (χ0n) is 11.3. The summed E-state index contributed by atoms with van der Waals surface area (Å²) in [6, 6.07) is 12.0. The Morgan fingerprint density at radius 1 is 1.20 bits per heavy atom. The van der Waals surface area contributed by atoms with Crippen molar-refractivity contribution in [1.82, 2.24) is 4.90 Å². The second-order valence-corrected chi connectivity index (χ2v) is 4.89. The van der Waals surface area contributed by atoms with E-state index in [2.05, 4.69) is 0 Å². The number of nitrogen functional groups attached to an aromatic ring is 1. The van der Waals surface area contributed by atoms with Gasteiger partial charge in [-0.25, -0.2) is 0 Å². The van der Waals surface area contributed by atoms with Gasteiger partial charge >= 0.3 is 0 Å². The minimum Gasteiger partial charge on any atom is -0.456 e. The van der Waals surface area contributed by atoms with Crippen LogP contribution in [-0.4, -0.2) is 24.9 Å². The van der Waals surface area contributed by atoms with Crippen LogP contribution in [0.25, 0.3) is 0 Å². The fourth-order valence-electron chi connectivity index (χ4n) is 1.67. The highest BCUT2D eigenvalue weighted by Gasteiger charge is 2.14. The van der Waals surface area contributed by atoms with Gasteiger partial charge in [-0.05, 0) is 24.3 Å². The highest BCUT2D eigenvalue weighted by Crippen LogP contribution is 2.30. The van der Waals surface area contributed by atoms with Crippen LogP contribution in [0.15, 0.2) is 42.5 Å². The molecule has 0 bridgehead atoms. The number of para-hydroxylation sites is 1. The number of hydrogen-bond acceptors (Lipinski definition) is 3. The number of benzene rings is 2. The molecular formula is C15H15ClN2O2. The van der Waals surface area contributed by atoms with E-state index in [1.54, 1.807) is 56.6 Å². The quantitative estimate of drug-likeness (QED) is 0.881. The fraction of sp³-hybridized carbons (Fsp3) is 0.133. The van der Waals surface area contributed by atoms with E-state index in [1.165, 1.54) is 4.90 Å². The minimum atomic E-state index is -0.123. The molecule has 5 heteroatoms. The van der Waals surface area contributed by atoms with Gasteiger partial charge in [-0.3, -0.25) is 4.79 Å². The van der Waals surface area contributed by atoms with E-state index in [9.17, 15) is 4.79 Å². The van der Waals surface area contributed by atoms with Crippen LogP contribution in [0, 0.1) is 0 Å². The maximum atomic E-state index is 12.1. The third kappa shape index (κ3) is 3.03. The van der Waals surface area contributed by atoms with Crippen LogP contribution >= 0.6 is 11.6 Å². The lowest BCUT2D eigenvalue weighted by Gasteiger charge is -2.14. The lowest BCUT2D eigenvalue weighted by atomic mass is 10.2. The van der Waals surface area contributed by atoms with Crippen molar-refractivity contribution in [1.29, 1.82) is 0 Å². The van der Waals surface area contributed by atoms with Crippen molar-refractivity contribution < 1.29 is 9.53 Å². The van der Waals surface area contributed by atoms with Crippen LogP contribution < -0.4 is 10.5 Å². The summed E-state index contributed by atoms with van der Waals surface area (Å²) in [5.41, 5.74) is 6.63. The highest BCUT2D eigenvalue weighted by atomic mass is 35.5. The molecule has 0 saturated heterocycles. The maximum absolute atomic E-state index is 12.1. The number of carbonyl (C=O) groups excluding carboxylic acids is 1. The summed E-state index contributed by atoms with van der Waals surface area (Å²) in [6.07, 6.45) is 0. The first-order chi connectivity index (χ1) is 9.49. The van der Waals surface area contributed by atoms with Gasteiger partial charge in [0.25, 0.3) is 5.91 Å². The average molecular weight is 291 g/mol. The molecule has 0 spiro atoms. The van der Waals surface area contributed by atoms with Gasteiger partial charge < -0.3 is 15.4 Å². The number of rotatable bonds is 3. The largest absolute Gasteiger partial charge is 0.456 e. The minimum absolute atomic E-state index is 0.123. The number of hydrogen-bond donors (Lipinski definition) is 1. The van der Waals surface area contributed by atoms with E-state index in [1.807, 2.05) is 0 Å². The predicted octanol–water partition coefficient (Wildman–Crippen LogP) is 3.42. The zero-order valence-corrected chi connectivity index (χ0v) is 12.0. The SMILES string of the molecule is CN(C)C(=O)c1ccccc1Oc1ccc(N)c(Cl)c1. The number of nitrogens with two attached hydrogens (primary N) is 1. The summed E-state index contributed by atoms with van der Waals surface area (Å²) in [5.74, 6) is 0.886. The van der Waals surface area contributed by atoms with Crippen molar-refractivity contribution in [2.75, 3.05) is 19.8 Å². The van der Waals surface area contributed by atoms with Crippen LogP contribution in [0.5, 0.6) is 11.5 Å². The monoisotopic (exact) mass is 290 g/mol. The van der Waals surface area contributed by atoms with Gasteiger partial charge in [-0.15, -0.1) is 0 Å². The summed E-state index contributed by atoms with van der Waals surface area (Å²) >= 11 is 5.95. The molecule has 0 saturated carbocycles. The third-order valence-electron chi connectivity index (χ3n) is 2.72. The second kappa shape index (κ2) is 5.84. The molecule has 2 rings (SSSR count). The van der Waals surface area contributed by atoms with Crippen molar-refractivity contribution in [3.8, 4) is 11.5 Å². The molecule has 0 aliphatic rings. The molecule has 0 heterocycles. The standard InChI is InChI=1S/C15H15ClN2O2/c1-18(2)15(19)11-5-3-4-6-14(11)20-10-7-8-13(17)12(16)9-10/h3-9H,17H2,1-2H3. The maximum Gasteiger partial charge on any atom is 0.257 e. The Bertz CT molecular complexity index is 642. The molecule has 2 aromatic carbocycles. The number of nitrogens with zero attached hydrogens (tertiary/aromatic N) is 1. The molecule has 20 heavy (non-hydrogen) atoms. The van der Waals surface area contributed by atoms with Gasteiger partial charge in [-0.2, -0.15) is 0 Å². The summed E-state index contributed by atoms with van der Waals surface area (Å²) in [5, 5.41) is 0.416. The Labute approximate surface area is 122 Å². The number of amides is 1. The van der Waals surface area contributed by atoms with E-state index < -0.39 is 0 Å². The topological polar surface area (TPSA) is 55.6 Å². The smallest absolute Gasteiger partial charge is 0.257 e. The summed E-state index contributed by atoms with van der Waals surface area (Å²) in [7, 11) is 3.39. The van der Waals surface area contributed by atoms with Crippen LogP contribution in [-0.2, 0) is 0 Å². The van der Waals surface area contributed by atoms with Gasteiger partial charge in [0.1, 0.15) is 11.5 Å². The average Bonchev–Trinajstić information content (AvgIpc) is 2.42. The number of ether oxygens (including phenoxy) is 1. The van der Waals surface area contributed by atoms with Crippen LogP contribution in [0.3, 0.4) is 0 Å². The highest BCUT2D eigenvalue weighted by molar-refractivity contribution is 6.33. The van der Waals surface area contributed by atoms with Gasteiger partial charge in [-0.1, -0.05) is 23.7 Å². The number of anilines is 1. The van der Waals surface area contributed by atoms with E-state index in [4.69, 9.17) is 22.1 Å². The van der Waals surface area contributed by atoms with Gasteiger partial charge in [0.2, 0.25) is 0 Å². The van der Waals surface area contributed by atoms with E-state index in [0.717, 1.165) is 0 Å². The molecule has 1 amide bonds. The van der Waals surface area contributed by atoms with Crippen molar-refractivity contribution in [3.63, 3.8) is 0 Å². The Morgan fingerprint density at radius 2 is 1.90 bits per heavy atom. The Hall–Kier alpha value is -2.20. The lowest BCUT2D eigenvalue weighted by Crippen LogP contribution is -2.22. The second-order valence-electron chi connectivity index (χ2n) is 4.48. The van der Waals surface area contributed by atoms with Gasteiger partial charge in [0.05, 0.1) is 16.3 Å². The zero-order chi connectivity index (χ0) is 14.7. The summed E-state index contributed by atoms with van der Waals surface area (Å²) in [6.45, 7) is 0. The molecular weight excluding hydrogens is 276 g/mol. The van der Waals surface area contributed by atoms with E-state index >= 15 is 0 Å². The molecule has 0 aliphatic heterocycles. The van der Waals surface area contributed by atoms with Crippen molar-refractivity contribution in [2.24, 2.45) is 0 Å². The molecule has 2 aromatic rings. The fourth-order valence-corrected chi connectivity index (χ4v) is 1.84. The Morgan fingerprint density at radius 3 is 2.55 bits per heavy atom. The molecule has 4 nitrogen and oxygen atoms in total. The first-order valence-corrected chi connectivity index (χ1v) is 6.40. The molecule has 0 unspecified atom stereocenters. The van der Waals surface area contributed by atoms with Gasteiger partial charge in [0.15, 0.2) is 0 Å². The molecule has 104 valence electrons. The van der Waals surface area contributed by atoms with Gasteiger partial charge in [0, 0.05) is 20.2 Å². The predicted molar refractivity (Wildman–Crippen MR) is 80.4 cm³/mol. The molecule has 0 atom stereocenters. The van der Waals surface area contributed by atoms with Crippen LogP contribution in [0.4, 0.5) is 5.69 Å². The first kappa shape index (κ1) is 14.2. The molecule has 0 aromatic heterocycles. The van der Waals surface area contributed by atoms with Crippen molar-refractivity contribution in [2.45, 2.75) is 0 Å². The Kier molecular flexibility index (Phi) is 4.15. The van der Waals surface area contributed by atoms with E-state index in [0.29, 0.717) is 27.8 Å².